The number of halogens is 1. The van der Waals surface area contributed by atoms with Gasteiger partial charge in [-0.15, -0.1) is 24.0 Å². The molecule has 1 aromatic carbocycles. The number of hydrogen-bond donors (Lipinski definition) is 2. The highest BCUT2D eigenvalue weighted by molar-refractivity contribution is 14.0. The number of hydrogen-bond acceptors (Lipinski definition) is 5. The minimum atomic E-state index is -0.400. The number of nitrogens with one attached hydrogen (secondary N) is 2. The molecule has 1 aromatic rings. The first kappa shape index (κ1) is 27.5. The highest BCUT2D eigenvalue weighted by Crippen LogP contribution is 2.12. The third kappa shape index (κ3) is 14.2. The van der Waals surface area contributed by atoms with Crippen LogP contribution >= 0.6 is 24.0 Å². The standard InChI is InChI=1S/C20H34N4O4.HI/c1-3-5-14-28-16-7-13-22-20(21-12-6-15-27-4-2)23-17-18-8-10-19(11-9-18)24(25)26;/h8-11H,3-7,12-17H2,1-2H3,(H2,21,22,23);1H. The number of benzene rings is 1. The highest BCUT2D eigenvalue weighted by atomic mass is 127. The number of nitro groups is 1. The summed E-state index contributed by atoms with van der Waals surface area (Å²) in [6.07, 6.45) is 4.03. The summed E-state index contributed by atoms with van der Waals surface area (Å²) in [5.41, 5.74) is 1.01. The molecule has 166 valence electrons. The first-order valence-corrected chi connectivity index (χ1v) is 10.1. The Morgan fingerprint density at radius 2 is 1.59 bits per heavy atom. The molecule has 0 bridgehead atoms. The fourth-order valence-corrected chi connectivity index (χ4v) is 2.32. The summed E-state index contributed by atoms with van der Waals surface area (Å²) >= 11 is 0. The smallest absolute Gasteiger partial charge is 0.269 e. The van der Waals surface area contributed by atoms with Crippen molar-refractivity contribution in [1.82, 2.24) is 10.6 Å². The summed E-state index contributed by atoms with van der Waals surface area (Å²) in [5, 5.41) is 17.3. The average Bonchev–Trinajstić information content (AvgIpc) is 2.70. The maximum Gasteiger partial charge on any atom is 0.269 e. The predicted molar refractivity (Wildman–Crippen MR) is 127 cm³/mol. The Morgan fingerprint density at radius 3 is 2.14 bits per heavy atom. The molecule has 0 radical (unpaired) electrons. The monoisotopic (exact) mass is 522 g/mol. The van der Waals surface area contributed by atoms with Gasteiger partial charge in [0.2, 0.25) is 0 Å². The van der Waals surface area contributed by atoms with E-state index in [2.05, 4.69) is 22.5 Å². The Balaban J connectivity index is 0.00000784. The van der Waals surface area contributed by atoms with Gasteiger partial charge in [0.05, 0.1) is 11.5 Å². The largest absolute Gasteiger partial charge is 0.382 e. The van der Waals surface area contributed by atoms with Crippen LogP contribution in [0.2, 0.25) is 0 Å². The van der Waals surface area contributed by atoms with Crippen LogP contribution in [0.15, 0.2) is 29.3 Å². The lowest BCUT2D eigenvalue weighted by Crippen LogP contribution is -2.39. The molecule has 9 heteroatoms. The normalized spacial score (nSPS) is 11.0. The Kier molecular flexibility index (Phi) is 17.6. The van der Waals surface area contributed by atoms with E-state index < -0.39 is 4.92 Å². The van der Waals surface area contributed by atoms with Gasteiger partial charge in [0, 0.05) is 51.6 Å². The van der Waals surface area contributed by atoms with Gasteiger partial charge in [-0.1, -0.05) is 25.5 Å². The highest BCUT2D eigenvalue weighted by Gasteiger charge is 2.04. The molecule has 0 saturated carbocycles. The number of aliphatic imine (C=N–C) groups is 1. The topological polar surface area (TPSA) is 98.0 Å². The van der Waals surface area contributed by atoms with E-state index in [1.54, 1.807) is 12.1 Å². The molecule has 0 fully saturated rings. The second-order valence-electron chi connectivity index (χ2n) is 6.31. The van der Waals surface area contributed by atoms with E-state index in [9.17, 15) is 10.1 Å². The molecule has 0 unspecified atom stereocenters. The van der Waals surface area contributed by atoms with Gasteiger partial charge >= 0.3 is 0 Å². The van der Waals surface area contributed by atoms with E-state index in [0.29, 0.717) is 13.2 Å². The van der Waals surface area contributed by atoms with Crippen molar-refractivity contribution in [3.63, 3.8) is 0 Å². The zero-order valence-electron chi connectivity index (χ0n) is 17.5. The molecule has 2 N–H and O–H groups in total. The van der Waals surface area contributed by atoms with Gasteiger partial charge in [-0.05, 0) is 31.7 Å². The Morgan fingerprint density at radius 1 is 1.00 bits per heavy atom. The third-order valence-electron chi connectivity index (χ3n) is 3.93. The van der Waals surface area contributed by atoms with E-state index in [1.165, 1.54) is 12.1 Å². The lowest BCUT2D eigenvalue weighted by Gasteiger charge is -2.13. The van der Waals surface area contributed by atoms with Crippen molar-refractivity contribution in [2.75, 3.05) is 39.5 Å². The lowest BCUT2D eigenvalue weighted by molar-refractivity contribution is -0.384. The molecule has 0 atom stereocenters. The molecule has 0 aromatic heterocycles. The van der Waals surface area contributed by atoms with Crippen LogP contribution in [0.3, 0.4) is 0 Å². The van der Waals surface area contributed by atoms with E-state index >= 15 is 0 Å². The minimum absolute atomic E-state index is 0. The molecular weight excluding hydrogens is 487 g/mol. The average molecular weight is 522 g/mol. The van der Waals surface area contributed by atoms with Crippen LogP contribution in [0.1, 0.15) is 45.1 Å². The number of nitro benzene ring substituents is 1. The maximum absolute atomic E-state index is 10.7. The van der Waals surface area contributed by atoms with Gasteiger partial charge < -0.3 is 20.1 Å². The summed E-state index contributed by atoms with van der Waals surface area (Å²) in [4.78, 5) is 14.9. The molecule has 0 aliphatic carbocycles. The molecule has 0 spiro atoms. The van der Waals surface area contributed by atoms with Gasteiger partial charge in [-0.3, -0.25) is 10.1 Å². The van der Waals surface area contributed by atoms with Crippen LogP contribution in [-0.2, 0) is 16.0 Å². The van der Waals surface area contributed by atoms with Crippen LogP contribution < -0.4 is 10.6 Å². The van der Waals surface area contributed by atoms with E-state index in [1.807, 2.05) is 6.92 Å². The molecule has 0 amide bonds. The minimum Gasteiger partial charge on any atom is -0.382 e. The Bertz CT molecular complexity index is 570. The van der Waals surface area contributed by atoms with Gasteiger partial charge in [-0.25, -0.2) is 4.99 Å². The first-order valence-electron chi connectivity index (χ1n) is 10.1. The van der Waals surface area contributed by atoms with E-state index in [4.69, 9.17) is 9.47 Å². The molecule has 0 aliphatic heterocycles. The fraction of sp³-hybridized carbons (Fsp3) is 0.650. The van der Waals surface area contributed by atoms with Crippen LogP contribution in [-0.4, -0.2) is 50.4 Å². The summed E-state index contributed by atoms with van der Waals surface area (Å²) in [7, 11) is 0. The first-order chi connectivity index (χ1) is 13.7. The Labute approximate surface area is 191 Å². The lowest BCUT2D eigenvalue weighted by atomic mass is 10.2. The maximum atomic E-state index is 10.7. The van der Waals surface area contributed by atoms with Gasteiger partial charge in [0.1, 0.15) is 0 Å². The van der Waals surface area contributed by atoms with Crippen LogP contribution in [0.25, 0.3) is 0 Å². The van der Waals surface area contributed by atoms with Crippen LogP contribution in [0.5, 0.6) is 0 Å². The van der Waals surface area contributed by atoms with Crippen LogP contribution in [0, 0.1) is 10.1 Å². The number of ether oxygens (including phenoxy) is 2. The van der Waals surface area contributed by atoms with Crippen molar-refractivity contribution in [2.45, 2.75) is 46.1 Å². The number of guanidine groups is 1. The zero-order chi connectivity index (χ0) is 20.5. The van der Waals surface area contributed by atoms with Gasteiger partial charge in [0.15, 0.2) is 5.96 Å². The molecule has 0 aliphatic rings. The van der Waals surface area contributed by atoms with Crippen molar-refractivity contribution in [2.24, 2.45) is 4.99 Å². The van der Waals surface area contributed by atoms with Crippen LogP contribution in [0.4, 0.5) is 5.69 Å². The summed E-state index contributed by atoms with van der Waals surface area (Å²) in [5.74, 6) is 0.725. The SMILES string of the molecule is CCCCOCCCNC(=NCc1ccc([N+](=O)[O-])cc1)NCCCOCC.I. The predicted octanol–water partition coefficient (Wildman–Crippen LogP) is 3.88. The van der Waals surface area contributed by atoms with Crippen molar-refractivity contribution in [3.8, 4) is 0 Å². The molecular formula is C20H35IN4O4. The summed E-state index contributed by atoms with van der Waals surface area (Å²) < 4.78 is 10.9. The van der Waals surface area contributed by atoms with Crippen molar-refractivity contribution in [3.05, 3.63) is 39.9 Å². The van der Waals surface area contributed by atoms with Crippen molar-refractivity contribution in [1.29, 1.82) is 0 Å². The number of nitrogens with zero attached hydrogens (tertiary/aromatic N) is 2. The molecule has 8 nitrogen and oxygen atoms in total. The second-order valence-corrected chi connectivity index (χ2v) is 6.31. The molecule has 1 rings (SSSR count). The third-order valence-corrected chi connectivity index (χ3v) is 3.93. The van der Waals surface area contributed by atoms with Crippen molar-refractivity contribution >= 4 is 35.6 Å². The number of unbranched alkanes of at least 4 members (excludes halogenated alkanes) is 1. The Hall–Kier alpha value is -1.46. The number of non-ortho nitro benzene ring substituents is 1. The van der Waals surface area contributed by atoms with Crippen molar-refractivity contribution < 1.29 is 14.4 Å². The summed E-state index contributed by atoms with van der Waals surface area (Å²) in [6.45, 7) is 9.08. The fourth-order valence-electron chi connectivity index (χ4n) is 2.32. The molecule has 0 saturated heterocycles. The summed E-state index contributed by atoms with van der Waals surface area (Å²) in [6, 6.07) is 6.47. The second kappa shape index (κ2) is 18.6. The molecule has 0 heterocycles. The zero-order valence-corrected chi connectivity index (χ0v) is 19.9. The number of rotatable bonds is 15. The van der Waals surface area contributed by atoms with E-state index in [-0.39, 0.29) is 29.7 Å². The quantitative estimate of drug-likeness (QED) is 0.0907. The molecule has 29 heavy (non-hydrogen) atoms. The van der Waals surface area contributed by atoms with Gasteiger partial charge in [-0.2, -0.15) is 0 Å². The van der Waals surface area contributed by atoms with E-state index in [0.717, 1.165) is 70.1 Å². The van der Waals surface area contributed by atoms with Gasteiger partial charge in [0.25, 0.3) is 5.69 Å².